The largest absolute Gasteiger partial charge is 0.458 e. The minimum atomic E-state index is -1.17. The van der Waals surface area contributed by atoms with Crippen molar-refractivity contribution in [3.05, 3.63) is 35.9 Å². The molecule has 38 heavy (non-hydrogen) atoms. The van der Waals surface area contributed by atoms with E-state index in [1.54, 1.807) is 20.8 Å². The molecule has 2 rings (SSSR count). The number of nitrogens with one attached hydrogen (secondary N) is 1. The van der Waals surface area contributed by atoms with Gasteiger partial charge in [-0.25, -0.2) is 20.0 Å². The van der Waals surface area contributed by atoms with Crippen LogP contribution < -0.4 is 5.43 Å². The maximum absolute atomic E-state index is 13.6. The Labute approximate surface area is 227 Å². The summed E-state index contributed by atoms with van der Waals surface area (Å²) in [4.78, 5) is 39.8. The summed E-state index contributed by atoms with van der Waals surface area (Å²) in [5, 5.41) is 1.06. The second kappa shape index (κ2) is 16.3. The molecule has 0 bridgehead atoms. The molecule has 0 heterocycles. The number of hydrazine groups is 1. The van der Waals surface area contributed by atoms with E-state index in [9.17, 15) is 14.4 Å². The number of hydrogen-bond donors (Lipinski definition) is 1. The fourth-order valence-corrected chi connectivity index (χ4v) is 4.51. The molecule has 1 aromatic carbocycles. The van der Waals surface area contributed by atoms with Crippen LogP contribution in [0.5, 0.6) is 0 Å². The van der Waals surface area contributed by atoms with Gasteiger partial charge in [-0.2, -0.15) is 0 Å². The second-order valence-electron chi connectivity index (χ2n) is 10.6. The lowest BCUT2D eigenvalue weighted by molar-refractivity contribution is -0.180. The van der Waals surface area contributed by atoms with E-state index in [2.05, 4.69) is 5.43 Å². The van der Waals surface area contributed by atoms with E-state index in [4.69, 9.17) is 18.9 Å². The first-order valence-corrected chi connectivity index (χ1v) is 13.9. The van der Waals surface area contributed by atoms with Gasteiger partial charge in [-0.1, -0.05) is 62.4 Å². The van der Waals surface area contributed by atoms with Crippen LogP contribution in [0.25, 0.3) is 0 Å². The molecule has 0 radical (unpaired) electrons. The van der Waals surface area contributed by atoms with Gasteiger partial charge in [0.05, 0.1) is 0 Å². The van der Waals surface area contributed by atoms with Crippen LogP contribution in [0.15, 0.2) is 30.3 Å². The third-order valence-electron chi connectivity index (χ3n) is 6.30. The summed E-state index contributed by atoms with van der Waals surface area (Å²) < 4.78 is 22.4. The highest BCUT2D eigenvalue weighted by Crippen LogP contribution is 2.28. The molecular weight excluding hydrogens is 488 g/mol. The van der Waals surface area contributed by atoms with Gasteiger partial charge < -0.3 is 18.9 Å². The molecule has 0 spiro atoms. The van der Waals surface area contributed by atoms with Crippen LogP contribution in [0, 0.1) is 5.92 Å². The van der Waals surface area contributed by atoms with Crippen molar-refractivity contribution in [2.45, 2.75) is 111 Å². The molecule has 1 aliphatic rings. The van der Waals surface area contributed by atoms with Gasteiger partial charge in [-0.15, -0.1) is 0 Å². The molecule has 0 saturated heterocycles. The zero-order valence-corrected chi connectivity index (χ0v) is 23.7. The summed E-state index contributed by atoms with van der Waals surface area (Å²) in [7, 11) is 0. The minimum Gasteiger partial charge on any atom is -0.458 e. The predicted octanol–water partition coefficient (Wildman–Crippen LogP) is 5.52. The van der Waals surface area contributed by atoms with Gasteiger partial charge in [0.1, 0.15) is 12.2 Å². The summed E-state index contributed by atoms with van der Waals surface area (Å²) in [6.07, 6.45) is 5.00. The van der Waals surface area contributed by atoms with Gasteiger partial charge in [0.25, 0.3) is 0 Å². The predicted molar refractivity (Wildman–Crippen MR) is 144 cm³/mol. The van der Waals surface area contributed by atoms with E-state index in [0.29, 0.717) is 25.6 Å². The SMILES string of the molecule is CCOC(CC(C(=O)OC(C)(C)C)N(NC(=O)OCc1ccccc1)C(=O)CCC1CCCCC1)OCC. The van der Waals surface area contributed by atoms with Crippen LogP contribution in [-0.4, -0.2) is 54.1 Å². The lowest BCUT2D eigenvalue weighted by Gasteiger charge is -2.34. The second-order valence-corrected chi connectivity index (χ2v) is 10.6. The maximum atomic E-state index is 13.6. The van der Waals surface area contributed by atoms with Gasteiger partial charge in [-0.3, -0.25) is 4.79 Å². The Morgan fingerprint density at radius 3 is 2.21 bits per heavy atom. The Morgan fingerprint density at radius 1 is 1.00 bits per heavy atom. The molecule has 9 nitrogen and oxygen atoms in total. The van der Waals surface area contributed by atoms with Gasteiger partial charge >= 0.3 is 12.1 Å². The molecule has 1 unspecified atom stereocenters. The summed E-state index contributed by atoms with van der Waals surface area (Å²) in [5.41, 5.74) is 2.54. The molecule has 1 N–H and O–H groups in total. The Balaban J connectivity index is 2.25. The lowest BCUT2D eigenvalue weighted by Crippen LogP contribution is -2.57. The first-order valence-electron chi connectivity index (χ1n) is 13.9. The van der Waals surface area contributed by atoms with Crippen molar-refractivity contribution >= 4 is 18.0 Å². The quantitative estimate of drug-likeness (QED) is 0.202. The average Bonchev–Trinajstić information content (AvgIpc) is 2.88. The zero-order valence-electron chi connectivity index (χ0n) is 23.7. The monoisotopic (exact) mass is 534 g/mol. The van der Waals surface area contributed by atoms with Gasteiger partial charge in [0.2, 0.25) is 5.91 Å². The minimum absolute atomic E-state index is 0.00920. The number of amides is 2. The highest BCUT2D eigenvalue weighted by molar-refractivity contribution is 5.86. The van der Waals surface area contributed by atoms with Crippen molar-refractivity contribution in [3.8, 4) is 0 Å². The number of rotatable bonds is 13. The van der Waals surface area contributed by atoms with E-state index in [0.717, 1.165) is 36.3 Å². The fourth-order valence-electron chi connectivity index (χ4n) is 4.51. The van der Waals surface area contributed by atoms with Crippen LogP contribution in [0.4, 0.5) is 4.79 Å². The van der Waals surface area contributed by atoms with Crippen LogP contribution >= 0.6 is 0 Å². The zero-order chi connectivity index (χ0) is 28.0. The summed E-state index contributed by atoms with van der Waals surface area (Å²) >= 11 is 0. The summed E-state index contributed by atoms with van der Waals surface area (Å²) in [5.74, 6) is -0.578. The number of carbonyl (C=O) groups excluding carboxylic acids is 3. The number of hydrogen-bond acceptors (Lipinski definition) is 7. The van der Waals surface area contributed by atoms with Crippen LogP contribution in [0.1, 0.15) is 91.5 Å². The Morgan fingerprint density at radius 2 is 1.63 bits per heavy atom. The Hall–Kier alpha value is -2.65. The van der Waals surface area contributed by atoms with Crippen LogP contribution in [0.3, 0.4) is 0 Å². The summed E-state index contributed by atoms with van der Waals surface area (Å²) in [6, 6.07) is 8.06. The normalized spacial score (nSPS) is 15.1. The van der Waals surface area contributed by atoms with Crippen molar-refractivity contribution in [2.75, 3.05) is 13.2 Å². The highest BCUT2D eigenvalue weighted by atomic mass is 16.7. The Bertz CT molecular complexity index is 844. The summed E-state index contributed by atoms with van der Waals surface area (Å²) in [6.45, 7) is 9.63. The van der Waals surface area contributed by atoms with E-state index >= 15 is 0 Å². The first-order chi connectivity index (χ1) is 18.1. The van der Waals surface area contributed by atoms with E-state index < -0.39 is 30.0 Å². The van der Waals surface area contributed by atoms with Gasteiger partial charge in [0, 0.05) is 26.1 Å². The number of ether oxygens (including phenoxy) is 4. The molecule has 1 atom stereocenters. The average molecular weight is 535 g/mol. The lowest BCUT2D eigenvalue weighted by atomic mass is 9.86. The standard InChI is InChI=1S/C29H46N2O7/c1-6-35-26(36-7-2)20-24(27(33)38-29(3,4)5)31(25(32)19-18-22-14-10-8-11-15-22)30-28(34)37-21-23-16-12-9-13-17-23/h9,12-13,16-17,22,24,26H,6-8,10-11,14-15,18-21H2,1-5H3,(H,30,34). The fraction of sp³-hybridized carbons (Fsp3) is 0.690. The molecular formula is C29H46N2O7. The molecule has 9 heteroatoms. The first kappa shape index (κ1) is 31.6. The number of benzene rings is 1. The van der Waals surface area contributed by atoms with Crippen LogP contribution in [0.2, 0.25) is 0 Å². The van der Waals surface area contributed by atoms with E-state index in [-0.39, 0.29) is 25.4 Å². The molecule has 1 fully saturated rings. The molecule has 0 aliphatic heterocycles. The number of esters is 1. The molecule has 1 aliphatic carbocycles. The molecule has 0 aromatic heterocycles. The van der Waals surface area contributed by atoms with Crippen molar-refractivity contribution in [2.24, 2.45) is 5.92 Å². The van der Waals surface area contributed by atoms with Crippen molar-refractivity contribution < 1.29 is 33.3 Å². The smallest absolute Gasteiger partial charge is 0.426 e. The number of nitrogens with zero attached hydrogens (tertiary/aromatic N) is 1. The Kier molecular flexibility index (Phi) is 13.6. The van der Waals surface area contributed by atoms with E-state index in [1.165, 1.54) is 6.42 Å². The third-order valence-corrected chi connectivity index (χ3v) is 6.30. The van der Waals surface area contributed by atoms with Crippen molar-refractivity contribution in [3.63, 3.8) is 0 Å². The molecule has 2 amide bonds. The third kappa shape index (κ3) is 11.8. The van der Waals surface area contributed by atoms with Crippen molar-refractivity contribution in [1.29, 1.82) is 0 Å². The number of carbonyl (C=O) groups is 3. The highest BCUT2D eigenvalue weighted by Gasteiger charge is 2.37. The van der Waals surface area contributed by atoms with Gasteiger partial charge in [0.15, 0.2) is 12.3 Å². The molecule has 1 saturated carbocycles. The van der Waals surface area contributed by atoms with Gasteiger partial charge in [-0.05, 0) is 52.5 Å². The maximum Gasteiger partial charge on any atom is 0.426 e. The molecule has 1 aromatic rings. The molecule has 214 valence electrons. The van der Waals surface area contributed by atoms with Crippen molar-refractivity contribution in [1.82, 2.24) is 10.4 Å². The van der Waals surface area contributed by atoms with E-state index in [1.807, 2.05) is 44.2 Å². The van der Waals surface area contributed by atoms with Crippen LogP contribution in [-0.2, 0) is 35.1 Å². The topological polar surface area (TPSA) is 103 Å².